The minimum atomic E-state index is -1.71. The van der Waals surface area contributed by atoms with Gasteiger partial charge in [-0.3, -0.25) is 10.1 Å². The van der Waals surface area contributed by atoms with E-state index in [2.05, 4.69) is 31.0 Å². The van der Waals surface area contributed by atoms with Gasteiger partial charge in [-0.25, -0.2) is 0 Å². The number of carbonyl (C=O) groups excluding carboxylic acids is 1. The predicted octanol–water partition coefficient (Wildman–Crippen LogP) is 2.20. The Morgan fingerprint density at radius 2 is 1.95 bits per heavy atom. The van der Waals surface area contributed by atoms with E-state index in [-0.39, 0.29) is 12.6 Å². The highest BCUT2D eigenvalue weighted by atomic mass is 28.4. The molecule has 0 aromatic rings. The molecule has 20 heavy (non-hydrogen) atoms. The van der Waals surface area contributed by atoms with Gasteiger partial charge in [0.15, 0.2) is 8.32 Å². The van der Waals surface area contributed by atoms with Crippen LogP contribution in [0.25, 0.3) is 0 Å². The molecule has 0 aliphatic heterocycles. The second kappa shape index (κ2) is 7.20. The smallest absolute Gasteiger partial charge is 0.325 e. The van der Waals surface area contributed by atoms with Crippen LogP contribution in [0.4, 0.5) is 0 Å². The molecule has 1 aliphatic rings. The fraction of sp³-hybridized carbons (Fsp3) is 0.857. The number of carbonyl (C=O) groups is 1. The highest BCUT2D eigenvalue weighted by Gasteiger charge is 2.37. The number of rotatable bonds is 6. The molecule has 0 spiro atoms. The van der Waals surface area contributed by atoms with Crippen molar-refractivity contribution in [2.75, 3.05) is 13.7 Å². The van der Waals surface area contributed by atoms with E-state index in [0.29, 0.717) is 0 Å². The van der Waals surface area contributed by atoms with Crippen LogP contribution in [0, 0.1) is 11.3 Å². The summed E-state index contributed by atoms with van der Waals surface area (Å²) in [6.45, 7) is 6.48. The molecule has 0 unspecified atom stereocenters. The maximum atomic E-state index is 11.9. The molecule has 0 saturated heterocycles. The lowest BCUT2D eigenvalue weighted by Gasteiger charge is -2.35. The fourth-order valence-electron chi connectivity index (χ4n) is 2.42. The molecule has 1 N–H and O–H groups in total. The lowest BCUT2D eigenvalue weighted by molar-refractivity contribution is -0.144. The first-order valence-corrected chi connectivity index (χ1v) is 10.6. The van der Waals surface area contributed by atoms with Gasteiger partial charge in [-0.2, -0.15) is 5.26 Å². The van der Waals surface area contributed by atoms with Gasteiger partial charge < -0.3 is 9.16 Å². The summed E-state index contributed by atoms with van der Waals surface area (Å²) < 4.78 is 10.6. The monoisotopic (exact) mass is 298 g/mol. The van der Waals surface area contributed by atoms with Crippen LogP contribution in [0.5, 0.6) is 0 Å². The second-order valence-corrected chi connectivity index (χ2v) is 10.9. The van der Waals surface area contributed by atoms with Gasteiger partial charge in [-0.05, 0) is 32.5 Å². The molecule has 1 atom stereocenters. The normalized spacial score (nSPS) is 19.9. The average Bonchev–Trinajstić information content (AvgIpc) is 2.42. The van der Waals surface area contributed by atoms with Crippen molar-refractivity contribution < 1.29 is 14.0 Å². The Morgan fingerprint density at radius 3 is 2.40 bits per heavy atom. The third-order valence-corrected chi connectivity index (χ3v) is 4.57. The van der Waals surface area contributed by atoms with Crippen LogP contribution in [-0.4, -0.2) is 39.6 Å². The zero-order chi connectivity index (χ0) is 15.2. The van der Waals surface area contributed by atoms with Gasteiger partial charge >= 0.3 is 5.97 Å². The van der Waals surface area contributed by atoms with Crippen molar-refractivity contribution in [3.05, 3.63) is 0 Å². The molecular formula is C14H26N2O3Si. The van der Waals surface area contributed by atoms with Crippen LogP contribution < -0.4 is 5.32 Å². The summed E-state index contributed by atoms with van der Waals surface area (Å²) >= 11 is 0. The van der Waals surface area contributed by atoms with Gasteiger partial charge in [0.05, 0.1) is 19.8 Å². The molecular weight excluding hydrogens is 272 g/mol. The second-order valence-electron chi connectivity index (χ2n) is 6.40. The maximum Gasteiger partial charge on any atom is 0.325 e. The number of esters is 1. The van der Waals surface area contributed by atoms with E-state index in [0.717, 1.165) is 32.1 Å². The largest absolute Gasteiger partial charge is 0.468 e. The number of nitriles is 1. The lowest BCUT2D eigenvalue weighted by Crippen LogP contribution is -2.56. The highest BCUT2D eigenvalue weighted by molar-refractivity contribution is 6.69. The van der Waals surface area contributed by atoms with Crippen LogP contribution in [0.2, 0.25) is 19.6 Å². The Hall–Kier alpha value is -0.903. The van der Waals surface area contributed by atoms with Crippen molar-refractivity contribution in [1.29, 1.82) is 5.26 Å². The van der Waals surface area contributed by atoms with Crippen LogP contribution in [-0.2, 0) is 14.0 Å². The first-order chi connectivity index (χ1) is 9.32. The Bertz CT molecular complexity index is 368. The zero-order valence-corrected chi connectivity index (χ0v) is 14.0. The van der Waals surface area contributed by atoms with Crippen LogP contribution in [0.3, 0.4) is 0 Å². The summed E-state index contributed by atoms with van der Waals surface area (Å²) in [5.74, 6) is -0.358. The van der Waals surface area contributed by atoms with E-state index in [1.807, 2.05) is 0 Å². The molecule has 6 heteroatoms. The molecule has 1 fully saturated rings. The summed E-state index contributed by atoms with van der Waals surface area (Å²) in [6.07, 6.45) is 4.75. The molecule has 114 valence electrons. The molecule has 0 bridgehead atoms. The van der Waals surface area contributed by atoms with Crippen molar-refractivity contribution in [1.82, 2.24) is 5.32 Å². The van der Waals surface area contributed by atoms with E-state index in [9.17, 15) is 10.1 Å². The maximum absolute atomic E-state index is 11.9. The summed E-state index contributed by atoms with van der Waals surface area (Å²) in [5, 5.41) is 12.7. The van der Waals surface area contributed by atoms with E-state index < -0.39 is 19.9 Å². The van der Waals surface area contributed by atoms with E-state index >= 15 is 0 Å². The minimum Gasteiger partial charge on any atom is -0.468 e. The number of nitrogens with one attached hydrogen (secondary N) is 1. The van der Waals surface area contributed by atoms with Gasteiger partial charge in [-0.1, -0.05) is 19.3 Å². The van der Waals surface area contributed by atoms with E-state index in [1.165, 1.54) is 7.11 Å². The van der Waals surface area contributed by atoms with Crippen molar-refractivity contribution in [3.63, 3.8) is 0 Å². The van der Waals surface area contributed by atoms with Crippen LogP contribution in [0.1, 0.15) is 32.1 Å². The predicted molar refractivity (Wildman–Crippen MR) is 79.7 cm³/mol. The Morgan fingerprint density at radius 1 is 1.35 bits per heavy atom. The zero-order valence-electron chi connectivity index (χ0n) is 13.0. The van der Waals surface area contributed by atoms with E-state index in [4.69, 9.17) is 9.16 Å². The molecule has 0 heterocycles. The van der Waals surface area contributed by atoms with Crippen molar-refractivity contribution in [3.8, 4) is 6.07 Å². The van der Waals surface area contributed by atoms with Crippen molar-refractivity contribution in [2.45, 2.75) is 63.3 Å². The van der Waals surface area contributed by atoms with Gasteiger partial charge in [0, 0.05) is 0 Å². The molecule has 1 saturated carbocycles. The number of nitrogens with zero attached hydrogens (tertiary/aromatic N) is 1. The lowest BCUT2D eigenvalue weighted by atomic mass is 9.82. The summed E-state index contributed by atoms with van der Waals surface area (Å²) in [6, 6.07) is 1.80. The number of methoxy groups -OCH3 is 1. The quantitative estimate of drug-likeness (QED) is 0.601. The van der Waals surface area contributed by atoms with Gasteiger partial charge in [0.25, 0.3) is 0 Å². The average molecular weight is 298 g/mol. The van der Waals surface area contributed by atoms with E-state index in [1.54, 1.807) is 0 Å². The number of hydrogen-bond donors (Lipinski definition) is 1. The summed E-state index contributed by atoms with van der Waals surface area (Å²) in [4.78, 5) is 11.9. The van der Waals surface area contributed by atoms with Gasteiger partial charge in [0.2, 0.25) is 0 Å². The van der Waals surface area contributed by atoms with Crippen molar-refractivity contribution >= 4 is 14.3 Å². The highest BCUT2D eigenvalue weighted by Crippen LogP contribution is 2.28. The Balaban J connectivity index is 2.73. The molecule has 0 aromatic carbocycles. The van der Waals surface area contributed by atoms with Crippen LogP contribution in [0.15, 0.2) is 0 Å². The molecule has 1 aliphatic carbocycles. The van der Waals surface area contributed by atoms with Gasteiger partial charge in [-0.15, -0.1) is 0 Å². The van der Waals surface area contributed by atoms with Gasteiger partial charge in [0.1, 0.15) is 11.6 Å². The number of hydrogen-bond acceptors (Lipinski definition) is 5. The molecule has 0 amide bonds. The first-order valence-electron chi connectivity index (χ1n) is 7.23. The Kier molecular flexibility index (Phi) is 6.18. The topological polar surface area (TPSA) is 71.3 Å². The molecule has 1 rings (SSSR count). The van der Waals surface area contributed by atoms with Crippen LogP contribution >= 0.6 is 0 Å². The molecule has 0 aromatic heterocycles. The Labute approximate surface area is 122 Å². The SMILES string of the molecule is COC(=O)[C@H](CO[Si](C)(C)C)NC1(C#N)CCCCC1. The van der Waals surface area contributed by atoms with Crippen molar-refractivity contribution in [2.24, 2.45) is 0 Å². The number of ether oxygens (including phenoxy) is 1. The first kappa shape index (κ1) is 17.1. The summed E-state index contributed by atoms with van der Waals surface area (Å²) in [5.41, 5.74) is -0.611. The fourth-order valence-corrected chi connectivity index (χ4v) is 3.09. The molecule has 0 radical (unpaired) electrons. The third kappa shape index (κ3) is 5.23. The minimum absolute atomic E-state index is 0.270. The standard InChI is InChI=1S/C14H26N2O3Si/c1-18-13(17)12(10-19-20(2,3)4)16-14(11-15)8-6-5-7-9-14/h12,16H,5-10H2,1-4H3/t12-/m0/s1. The summed E-state index contributed by atoms with van der Waals surface area (Å²) in [7, 11) is -0.343. The third-order valence-electron chi connectivity index (χ3n) is 3.54. The molecule has 5 nitrogen and oxygen atoms in total.